The molecule has 1 amide bonds. The molecule has 11 heteroatoms. The summed E-state index contributed by atoms with van der Waals surface area (Å²) in [4.78, 5) is 28.6. The summed E-state index contributed by atoms with van der Waals surface area (Å²) in [6, 6.07) is 26.6. The lowest BCUT2D eigenvalue weighted by Gasteiger charge is -2.20. The summed E-state index contributed by atoms with van der Waals surface area (Å²) in [6.07, 6.45) is 5.58. The van der Waals surface area contributed by atoms with E-state index in [0.29, 0.717) is 11.9 Å². The van der Waals surface area contributed by atoms with Gasteiger partial charge in [0, 0.05) is 0 Å². The lowest BCUT2D eigenvalue weighted by Crippen LogP contribution is -2.32. The first-order valence-electron chi connectivity index (χ1n) is 14.5. The van der Waals surface area contributed by atoms with Crippen molar-refractivity contribution < 1.29 is 9.53 Å². The number of halogens is 3. The molecule has 2 aromatic heterocycles. The highest BCUT2D eigenvalue weighted by Gasteiger charge is 2.23. The van der Waals surface area contributed by atoms with Crippen molar-refractivity contribution >= 4 is 43.3 Å². The number of ether oxygens (including phenoxy) is 1. The Labute approximate surface area is 282 Å². The molecular formula is C34H39Cl3N6O2. The molecule has 0 saturated carbocycles. The second-order valence-electron chi connectivity index (χ2n) is 11.1. The highest BCUT2D eigenvalue weighted by molar-refractivity contribution is 5.86. The van der Waals surface area contributed by atoms with E-state index in [-0.39, 0.29) is 55.8 Å². The van der Waals surface area contributed by atoms with Gasteiger partial charge in [0.25, 0.3) is 0 Å². The van der Waals surface area contributed by atoms with Crippen molar-refractivity contribution in [3.8, 4) is 33.6 Å². The van der Waals surface area contributed by atoms with E-state index in [2.05, 4.69) is 79.1 Å². The molecule has 0 bridgehead atoms. The SMILES string of the molecule is CC(C)[C@H](NC(=O)OCc1ccccc1)c1ncc(-c2ccc(-c3ccc(-c4cnc([C@@H]5CCCN5)[nH]4)cc3)cc2)[nH]1.Cl.Cl.Cl. The van der Waals surface area contributed by atoms with Crippen LogP contribution in [0, 0.1) is 5.92 Å². The maximum absolute atomic E-state index is 12.5. The van der Waals surface area contributed by atoms with E-state index in [0.717, 1.165) is 58.0 Å². The third kappa shape index (κ3) is 8.67. The zero-order valence-corrected chi connectivity index (χ0v) is 27.6. The molecule has 2 atom stereocenters. The van der Waals surface area contributed by atoms with Crippen molar-refractivity contribution in [1.29, 1.82) is 0 Å². The Balaban J connectivity index is 0.00000184. The standard InChI is InChI=1S/C34H36N6O2.3ClH/c1-22(2)31(40-34(41)42-21-23-7-4-3-5-8-23)33-37-20-30(39-33)27-16-12-25(13-17-27)24-10-14-26(15-11-24)29-19-36-32(38-29)28-9-6-18-35-28;;;/h3-5,7-8,10-17,19-20,22,28,31,35H,6,9,18,21H2,1-2H3,(H,36,38)(H,37,39)(H,40,41);3*1H/t28-,31-;;;/m0.../s1. The van der Waals surface area contributed by atoms with Gasteiger partial charge in [0.2, 0.25) is 0 Å². The molecule has 3 heterocycles. The van der Waals surface area contributed by atoms with E-state index >= 15 is 0 Å². The molecule has 1 saturated heterocycles. The van der Waals surface area contributed by atoms with Gasteiger partial charge in [-0.3, -0.25) is 0 Å². The molecule has 1 aliphatic heterocycles. The average Bonchev–Trinajstić information content (AvgIpc) is 3.82. The second-order valence-corrected chi connectivity index (χ2v) is 11.1. The normalized spacial score (nSPS) is 14.5. The van der Waals surface area contributed by atoms with E-state index in [1.165, 1.54) is 6.42 Å². The number of carbonyl (C=O) groups is 1. The quantitative estimate of drug-likeness (QED) is 0.126. The van der Waals surface area contributed by atoms with E-state index in [1.807, 2.05) is 56.6 Å². The number of aromatic amines is 2. The van der Waals surface area contributed by atoms with Crippen LogP contribution in [0.25, 0.3) is 33.6 Å². The summed E-state index contributed by atoms with van der Waals surface area (Å²) in [5.74, 6) is 1.83. The molecule has 5 aromatic rings. The fraction of sp³-hybridized carbons (Fsp3) is 0.265. The van der Waals surface area contributed by atoms with Crippen LogP contribution in [0.15, 0.2) is 91.3 Å². The first-order valence-corrected chi connectivity index (χ1v) is 14.5. The minimum Gasteiger partial charge on any atom is -0.445 e. The predicted molar refractivity (Wildman–Crippen MR) is 186 cm³/mol. The van der Waals surface area contributed by atoms with Crippen LogP contribution >= 0.6 is 37.2 Å². The van der Waals surface area contributed by atoms with Gasteiger partial charge in [-0.2, -0.15) is 0 Å². The summed E-state index contributed by atoms with van der Waals surface area (Å²) in [7, 11) is 0. The topological polar surface area (TPSA) is 108 Å². The molecule has 6 rings (SSSR count). The number of carbonyl (C=O) groups excluding carboxylic acids is 1. The third-order valence-electron chi connectivity index (χ3n) is 7.75. The number of aromatic nitrogens is 4. The number of hydrogen-bond acceptors (Lipinski definition) is 5. The molecule has 0 aliphatic carbocycles. The number of imidazole rings is 2. The van der Waals surface area contributed by atoms with Crippen molar-refractivity contribution in [3.63, 3.8) is 0 Å². The summed E-state index contributed by atoms with van der Waals surface area (Å²) >= 11 is 0. The Morgan fingerprint density at radius 1 is 0.822 bits per heavy atom. The number of nitrogens with zero attached hydrogens (tertiary/aromatic N) is 2. The molecule has 1 aliphatic rings. The second kappa shape index (κ2) is 16.5. The van der Waals surface area contributed by atoms with Crippen LogP contribution in [0.2, 0.25) is 0 Å². The van der Waals surface area contributed by atoms with Crippen LogP contribution in [0.3, 0.4) is 0 Å². The van der Waals surface area contributed by atoms with Crippen LogP contribution < -0.4 is 10.6 Å². The predicted octanol–water partition coefficient (Wildman–Crippen LogP) is 8.45. The largest absolute Gasteiger partial charge is 0.445 e. The van der Waals surface area contributed by atoms with Crippen molar-refractivity contribution in [1.82, 2.24) is 30.6 Å². The van der Waals surface area contributed by atoms with Crippen molar-refractivity contribution in [2.75, 3.05) is 6.54 Å². The highest BCUT2D eigenvalue weighted by Crippen LogP contribution is 2.29. The molecule has 45 heavy (non-hydrogen) atoms. The number of H-pyrrole nitrogens is 2. The first kappa shape index (κ1) is 35.7. The molecule has 0 spiro atoms. The Hall–Kier alpha value is -3.82. The Morgan fingerprint density at radius 3 is 1.98 bits per heavy atom. The van der Waals surface area contributed by atoms with E-state index in [4.69, 9.17) is 4.74 Å². The monoisotopic (exact) mass is 668 g/mol. The van der Waals surface area contributed by atoms with Crippen LogP contribution in [0.1, 0.15) is 56.0 Å². The van der Waals surface area contributed by atoms with Crippen LogP contribution in [-0.2, 0) is 11.3 Å². The highest BCUT2D eigenvalue weighted by atomic mass is 35.5. The van der Waals surface area contributed by atoms with Gasteiger partial charge >= 0.3 is 6.09 Å². The third-order valence-corrected chi connectivity index (χ3v) is 7.75. The lowest BCUT2D eigenvalue weighted by atomic mass is 10.0. The molecular weight excluding hydrogens is 631 g/mol. The van der Waals surface area contributed by atoms with Gasteiger partial charge in [0.1, 0.15) is 18.3 Å². The lowest BCUT2D eigenvalue weighted by molar-refractivity contribution is 0.132. The zero-order chi connectivity index (χ0) is 28.9. The van der Waals surface area contributed by atoms with Gasteiger partial charge in [-0.25, -0.2) is 14.8 Å². The fourth-order valence-electron chi connectivity index (χ4n) is 5.35. The fourth-order valence-corrected chi connectivity index (χ4v) is 5.35. The Morgan fingerprint density at radius 2 is 1.40 bits per heavy atom. The average molecular weight is 670 g/mol. The minimum atomic E-state index is -0.468. The van der Waals surface area contributed by atoms with E-state index in [9.17, 15) is 4.79 Å². The van der Waals surface area contributed by atoms with E-state index in [1.54, 1.807) is 0 Å². The Kier molecular flexibility index (Phi) is 13.1. The number of amides is 1. The van der Waals surface area contributed by atoms with Crippen molar-refractivity contribution in [3.05, 3.63) is 108 Å². The number of benzene rings is 3. The first-order chi connectivity index (χ1) is 20.5. The molecule has 3 aromatic carbocycles. The maximum Gasteiger partial charge on any atom is 0.408 e. The van der Waals surface area contributed by atoms with Gasteiger partial charge in [0.15, 0.2) is 0 Å². The van der Waals surface area contributed by atoms with Gasteiger partial charge in [-0.1, -0.05) is 92.7 Å². The minimum absolute atomic E-state index is 0. The number of rotatable bonds is 9. The van der Waals surface area contributed by atoms with Gasteiger partial charge in [-0.15, -0.1) is 37.2 Å². The van der Waals surface area contributed by atoms with Crippen molar-refractivity contribution in [2.45, 2.75) is 45.4 Å². The smallest absolute Gasteiger partial charge is 0.408 e. The van der Waals surface area contributed by atoms with E-state index < -0.39 is 6.09 Å². The van der Waals surface area contributed by atoms with Crippen LogP contribution in [0.4, 0.5) is 4.79 Å². The Bertz CT molecular complexity index is 1620. The molecule has 4 N–H and O–H groups in total. The van der Waals surface area contributed by atoms with Gasteiger partial charge in [0.05, 0.1) is 35.9 Å². The molecule has 238 valence electrons. The zero-order valence-electron chi connectivity index (χ0n) is 25.2. The van der Waals surface area contributed by atoms with Gasteiger partial charge < -0.3 is 25.3 Å². The molecule has 8 nitrogen and oxygen atoms in total. The molecule has 1 fully saturated rings. The van der Waals surface area contributed by atoms with Crippen molar-refractivity contribution in [2.24, 2.45) is 5.92 Å². The van der Waals surface area contributed by atoms with Crippen LogP contribution in [0.5, 0.6) is 0 Å². The molecule has 0 unspecified atom stereocenters. The van der Waals surface area contributed by atoms with Gasteiger partial charge in [-0.05, 0) is 53.1 Å². The summed E-state index contributed by atoms with van der Waals surface area (Å²) in [6.45, 7) is 5.36. The summed E-state index contributed by atoms with van der Waals surface area (Å²) in [5, 5.41) is 6.46. The van der Waals surface area contributed by atoms with Crippen LogP contribution in [-0.4, -0.2) is 32.6 Å². The summed E-state index contributed by atoms with van der Waals surface area (Å²) < 4.78 is 5.43. The number of alkyl carbamates (subject to hydrolysis) is 1. The number of hydrogen-bond donors (Lipinski definition) is 4. The molecule has 0 radical (unpaired) electrons. The maximum atomic E-state index is 12.5. The summed E-state index contributed by atoms with van der Waals surface area (Å²) in [5.41, 5.74) is 7.29. The number of nitrogens with one attached hydrogen (secondary N) is 4.